The molecule has 1 aliphatic carbocycles. The molecule has 41 heavy (non-hydrogen) atoms. The third kappa shape index (κ3) is 5.79. The molecule has 0 radical (unpaired) electrons. The number of alkyl halides is 1. The fraction of sp³-hybridized carbons (Fsp3) is 0.258. The SMILES string of the molecule is CCOc1cc2nccc(Oc3ccc(NC(=O)C4(C(=O)N(CI)c5ccc(F)cc5)CC4)c(C)c3)c2cc1OC. The Morgan fingerprint density at radius 1 is 1.05 bits per heavy atom. The van der Waals surface area contributed by atoms with Crippen molar-refractivity contribution in [3.8, 4) is 23.0 Å². The fourth-order valence-electron chi connectivity index (χ4n) is 4.64. The van der Waals surface area contributed by atoms with Gasteiger partial charge >= 0.3 is 0 Å². The predicted octanol–water partition coefficient (Wildman–Crippen LogP) is 7.03. The van der Waals surface area contributed by atoms with Crippen LogP contribution >= 0.6 is 22.6 Å². The normalized spacial score (nSPS) is 13.4. The van der Waals surface area contributed by atoms with E-state index in [1.165, 1.54) is 17.0 Å². The number of pyridine rings is 1. The molecule has 1 heterocycles. The molecule has 4 aromatic rings. The Kier molecular flexibility index (Phi) is 8.30. The predicted molar refractivity (Wildman–Crippen MR) is 164 cm³/mol. The maximum atomic E-state index is 13.5. The Bertz CT molecular complexity index is 1610. The molecular weight excluding hydrogens is 640 g/mol. The van der Waals surface area contributed by atoms with Gasteiger partial charge in [-0.15, -0.1) is 0 Å². The van der Waals surface area contributed by atoms with Crippen LogP contribution in [0.25, 0.3) is 10.9 Å². The van der Waals surface area contributed by atoms with Crippen LogP contribution in [0.2, 0.25) is 0 Å². The molecule has 1 N–H and O–H groups in total. The number of hydrogen-bond donors (Lipinski definition) is 1. The standard InChI is InChI=1S/C31H29FIN3O5/c1-4-40-28-17-25-23(16-27(28)39-3)26(11-14-34-25)41-22-9-10-24(19(2)15-22)35-29(37)31(12-13-31)30(38)36(18-33)21-7-5-20(32)6-8-21/h5-11,14-17H,4,12-13,18H2,1-3H3,(H,35,37). The molecule has 8 nitrogen and oxygen atoms in total. The number of carbonyl (C=O) groups is 2. The minimum absolute atomic E-state index is 0.291. The molecular formula is C31H29FIN3O5. The van der Waals surface area contributed by atoms with E-state index in [-0.39, 0.29) is 17.6 Å². The van der Waals surface area contributed by atoms with Crippen LogP contribution in [0.5, 0.6) is 23.0 Å². The van der Waals surface area contributed by atoms with Gasteiger partial charge in [0.05, 0.1) is 23.8 Å². The number of ether oxygens (including phenoxy) is 3. The molecule has 0 spiro atoms. The van der Waals surface area contributed by atoms with E-state index in [0.717, 1.165) is 10.9 Å². The van der Waals surface area contributed by atoms with Crippen molar-refractivity contribution in [3.63, 3.8) is 0 Å². The lowest BCUT2D eigenvalue weighted by atomic mass is 10.0. The number of rotatable bonds is 10. The summed E-state index contributed by atoms with van der Waals surface area (Å²) in [5, 5.41) is 3.70. The highest BCUT2D eigenvalue weighted by Crippen LogP contribution is 2.49. The Labute approximate surface area is 250 Å². The lowest BCUT2D eigenvalue weighted by molar-refractivity contribution is -0.132. The van der Waals surface area contributed by atoms with Crippen molar-refractivity contribution in [1.29, 1.82) is 0 Å². The van der Waals surface area contributed by atoms with E-state index in [4.69, 9.17) is 14.2 Å². The highest BCUT2D eigenvalue weighted by molar-refractivity contribution is 14.1. The third-order valence-corrected chi connectivity index (χ3v) is 7.74. The number of hydrogen-bond acceptors (Lipinski definition) is 6. The van der Waals surface area contributed by atoms with Crippen molar-refractivity contribution in [1.82, 2.24) is 4.98 Å². The summed E-state index contributed by atoms with van der Waals surface area (Å²) in [5.41, 5.74) is 1.48. The summed E-state index contributed by atoms with van der Waals surface area (Å²) < 4.78 is 31.1. The number of fused-ring (bicyclic) bond motifs is 1. The molecule has 0 aliphatic heterocycles. The number of aromatic nitrogens is 1. The topological polar surface area (TPSA) is 90.0 Å². The van der Waals surface area contributed by atoms with E-state index in [2.05, 4.69) is 32.9 Å². The zero-order chi connectivity index (χ0) is 29.1. The largest absolute Gasteiger partial charge is 0.493 e. The number of nitrogens with zero attached hydrogens (tertiary/aromatic N) is 2. The van der Waals surface area contributed by atoms with Gasteiger partial charge in [-0.2, -0.15) is 0 Å². The number of amides is 2. The van der Waals surface area contributed by atoms with E-state index in [9.17, 15) is 14.0 Å². The van der Waals surface area contributed by atoms with Gasteiger partial charge in [0.25, 0.3) is 0 Å². The molecule has 1 fully saturated rings. The fourth-order valence-corrected chi connectivity index (χ4v) is 5.34. The number of carbonyl (C=O) groups excluding carboxylic acids is 2. The second-order valence-corrected chi connectivity index (χ2v) is 10.4. The molecule has 0 saturated heterocycles. The van der Waals surface area contributed by atoms with Crippen LogP contribution in [-0.4, -0.2) is 35.1 Å². The Balaban J connectivity index is 1.33. The molecule has 1 saturated carbocycles. The quantitative estimate of drug-likeness (QED) is 0.0845. The number of benzene rings is 3. The first-order chi connectivity index (χ1) is 19.8. The molecule has 0 bridgehead atoms. The van der Waals surface area contributed by atoms with Gasteiger partial charge in [-0.05, 0) is 86.8 Å². The summed E-state index contributed by atoms with van der Waals surface area (Å²) in [5.74, 6) is 1.32. The molecule has 3 aromatic carbocycles. The molecule has 0 unspecified atom stereocenters. The number of anilines is 2. The zero-order valence-electron chi connectivity index (χ0n) is 22.9. The Hall–Kier alpha value is -3.93. The van der Waals surface area contributed by atoms with Gasteiger partial charge in [0.15, 0.2) is 11.5 Å². The van der Waals surface area contributed by atoms with E-state index in [1.54, 1.807) is 43.6 Å². The van der Waals surface area contributed by atoms with Crippen molar-refractivity contribution in [3.05, 3.63) is 78.2 Å². The first kappa shape index (κ1) is 28.6. The number of methoxy groups -OCH3 is 1. The van der Waals surface area contributed by atoms with Gasteiger partial charge in [-0.1, -0.05) is 22.6 Å². The maximum absolute atomic E-state index is 13.5. The lowest BCUT2D eigenvalue weighted by Crippen LogP contribution is -2.42. The minimum Gasteiger partial charge on any atom is -0.493 e. The lowest BCUT2D eigenvalue weighted by Gasteiger charge is -2.25. The summed E-state index contributed by atoms with van der Waals surface area (Å²) in [6, 6.07) is 16.5. The zero-order valence-corrected chi connectivity index (χ0v) is 25.0. The van der Waals surface area contributed by atoms with E-state index >= 15 is 0 Å². The first-order valence-corrected chi connectivity index (χ1v) is 14.6. The summed E-state index contributed by atoms with van der Waals surface area (Å²) >= 11 is 2.07. The van der Waals surface area contributed by atoms with Crippen molar-refractivity contribution < 1.29 is 28.2 Å². The molecule has 1 aromatic heterocycles. The third-order valence-electron chi connectivity index (χ3n) is 7.06. The number of nitrogens with one attached hydrogen (secondary N) is 1. The van der Waals surface area contributed by atoms with Crippen LogP contribution in [0.3, 0.4) is 0 Å². The molecule has 5 rings (SSSR count). The van der Waals surface area contributed by atoms with Crippen LogP contribution in [0.4, 0.5) is 15.8 Å². The van der Waals surface area contributed by atoms with E-state index < -0.39 is 5.41 Å². The van der Waals surface area contributed by atoms with Crippen LogP contribution < -0.4 is 24.4 Å². The van der Waals surface area contributed by atoms with Gasteiger partial charge in [0.2, 0.25) is 11.8 Å². The van der Waals surface area contributed by atoms with Crippen molar-refractivity contribution >= 4 is 56.7 Å². The van der Waals surface area contributed by atoms with Crippen LogP contribution in [-0.2, 0) is 9.59 Å². The Morgan fingerprint density at radius 2 is 1.80 bits per heavy atom. The Morgan fingerprint density at radius 3 is 2.44 bits per heavy atom. The summed E-state index contributed by atoms with van der Waals surface area (Å²) in [4.78, 5) is 32.8. The van der Waals surface area contributed by atoms with Crippen molar-refractivity contribution in [2.24, 2.45) is 5.41 Å². The van der Waals surface area contributed by atoms with Crippen LogP contribution in [0, 0.1) is 18.2 Å². The highest BCUT2D eigenvalue weighted by Gasteiger charge is 2.58. The summed E-state index contributed by atoms with van der Waals surface area (Å²) in [6.45, 7) is 4.27. The summed E-state index contributed by atoms with van der Waals surface area (Å²) in [6.07, 6.45) is 2.57. The number of aryl methyl sites for hydroxylation is 1. The van der Waals surface area contributed by atoms with Gasteiger partial charge in [0, 0.05) is 29.0 Å². The first-order valence-electron chi connectivity index (χ1n) is 13.1. The second kappa shape index (κ2) is 11.9. The van der Waals surface area contributed by atoms with E-state index in [1.807, 2.05) is 32.0 Å². The van der Waals surface area contributed by atoms with Gasteiger partial charge in [-0.3, -0.25) is 14.6 Å². The van der Waals surface area contributed by atoms with Gasteiger partial charge < -0.3 is 24.4 Å². The second-order valence-electron chi connectivity index (χ2n) is 9.71. The average Bonchev–Trinajstić information content (AvgIpc) is 3.78. The average molecular weight is 669 g/mol. The van der Waals surface area contributed by atoms with Crippen molar-refractivity contribution in [2.75, 3.05) is 28.5 Å². The van der Waals surface area contributed by atoms with Crippen LogP contribution in [0.15, 0.2) is 66.9 Å². The van der Waals surface area contributed by atoms with Gasteiger partial charge in [-0.25, -0.2) is 4.39 Å². The highest BCUT2D eigenvalue weighted by atomic mass is 127. The van der Waals surface area contributed by atoms with Crippen molar-refractivity contribution in [2.45, 2.75) is 26.7 Å². The monoisotopic (exact) mass is 669 g/mol. The van der Waals surface area contributed by atoms with Crippen LogP contribution in [0.1, 0.15) is 25.3 Å². The minimum atomic E-state index is -1.14. The summed E-state index contributed by atoms with van der Waals surface area (Å²) in [7, 11) is 1.58. The van der Waals surface area contributed by atoms with E-state index in [0.29, 0.717) is 63.9 Å². The maximum Gasteiger partial charge on any atom is 0.243 e. The molecule has 10 heteroatoms. The molecule has 2 amide bonds. The smallest absolute Gasteiger partial charge is 0.243 e. The molecule has 0 atom stereocenters. The molecule has 212 valence electrons. The molecule has 1 aliphatic rings. The number of halogens is 2. The van der Waals surface area contributed by atoms with Gasteiger partial charge in [0.1, 0.15) is 22.7 Å².